The van der Waals surface area contributed by atoms with Gasteiger partial charge in [-0.05, 0) is 44.4 Å². The van der Waals surface area contributed by atoms with Crippen LogP contribution >= 0.6 is 0 Å². The predicted molar refractivity (Wildman–Crippen MR) is 90.8 cm³/mol. The van der Waals surface area contributed by atoms with Crippen molar-refractivity contribution in [1.29, 1.82) is 0 Å². The molecule has 1 aliphatic rings. The number of benzene rings is 1. The second-order valence-electron chi connectivity index (χ2n) is 6.14. The lowest BCUT2D eigenvalue weighted by Gasteiger charge is -2.38. The number of nitrogens with zero attached hydrogens (tertiary/aromatic N) is 1. The Morgan fingerprint density at radius 1 is 1.39 bits per heavy atom. The Hall–Kier alpha value is -1.59. The highest BCUT2D eigenvalue weighted by Crippen LogP contribution is 2.23. The lowest BCUT2D eigenvalue weighted by molar-refractivity contribution is 0.0583. The van der Waals surface area contributed by atoms with Crippen LogP contribution in [-0.4, -0.2) is 49.8 Å². The van der Waals surface area contributed by atoms with Gasteiger partial charge in [-0.3, -0.25) is 4.79 Å². The quantitative estimate of drug-likeness (QED) is 0.784. The third-order valence-electron chi connectivity index (χ3n) is 4.26. The molecule has 0 spiro atoms. The monoisotopic (exact) mass is 320 g/mol. The summed E-state index contributed by atoms with van der Waals surface area (Å²) in [5.74, 6) is 0.774. The molecule has 1 saturated heterocycles. The van der Waals surface area contributed by atoms with Crippen molar-refractivity contribution in [1.82, 2.24) is 4.90 Å². The average molecular weight is 320 g/mol. The van der Waals surface area contributed by atoms with Gasteiger partial charge in [0, 0.05) is 44.3 Å². The van der Waals surface area contributed by atoms with Crippen LogP contribution in [0.25, 0.3) is 0 Å². The summed E-state index contributed by atoms with van der Waals surface area (Å²) in [5, 5.41) is 0. The van der Waals surface area contributed by atoms with Gasteiger partial charge < -0.3 is 20.1 Å². The number of hydrogen-bond acceptors (Lipinski definition) is 4. The SMILES string of the molecule is COCCCOc1cccc(C(=O)N2CCCCC2C(C)N)c1. The van der Waals surface area contributed by atoms with E-state index in [2.05, 4.69) is 0 Å². The molecule has 1 aromatic carbocycles. The van der Waals surface area contributed by atoms with Gasteiger partial charge in [0.2, 0.25) is 0 Å². The van der Waals surface area contributed by atoms with Gasteiger partial charge >= 0.3 is 0 Å². The van der Waals surface area contributed by atoms with Crippen molar-refractivity contribution in [3.05, 3.63) is 29.8 Å². The van der Waals surface area contributed by atoms with Crippen LogP contribution in [0.15, 0.2) is 24.3 Å². The molecule has 1 heterocycles. The lowest BCUT2D eigenvalue weighted by atomic mass is 9.96. The van der Waals surface area contributed by atoms with Crippen molar-refractivity contribution in [2.24, 2.45) is 5.73 Å². The van der Waals surface area contributed by atoms with Crippen LogP contribution in [0.3, 0.4) is 0 Å². The molecule has 5 heteroatoms. The zero-order chi connectivity index (χ0) is 16.7. The molecule has 2 atom stereocenters. The number of rotatable bonds is 7. The topological polar surface area (TPSA) is 64.8 Å². The highest BCUT2D eigenvalue weighted by Gasteiger charge is 2.29. The first-order valence-electron chi connectivity index (χ1n) is 8.42. The fourth-order valence-electron chi connectivity index (χ4n) is 3.03. The number of hydrogen-bond donors (Lipinski definition) is 1. The van der Waals surface area contributed by atoms with Gasteiger partial charge in [-0.15, -0.1) is 0 Å². The largest absolute Gasteiger partial charge is 0.493 e. The second kappa shape index (κ2) is 8.89. The molecule has 23 heavy (non-hydrogen) atoms. The van der Waals surface area contributed by atoms with Gasteiger partial charge in [0.15, 0.2) is 0 Å². The van der Waals surface area contributed by atoms with E-state index >= 15 is 0 Å². The number of likely N-dealkylation sites (tertiary alicyclic amines) is 1. The Labute approximate surface area is 138 Å². The first-order chi connectivity index (χ1) is 11.1. The number of amides is 1. The van der Waals surface area contributed by atoms with E-state index in [1.54, 1.807) is 7.11 Å². The molecular formula is C18H28N2O3. The Balaban J connectivity index is 2.03. The van der Waals surface area contributed by atoms with E-state index < -0.39 is 0 Å². The van der Waals surface area contributed by atoms with E-state index in [-0.39, 0.29) is 18.0 Å². The van der Waals surface area contributed by atoms with Gasteiger partial charge in [-0.1, -0.05) is 6.07 Å². The minimum absolute atomic E-state index is 0.00673. The second-order valence-corrected chi connectivity index (χ2v) is 6.14. The van der Waals surface area contributed by atoms with Crippen molar-refractivity contribution in [2.45, 2.75) is 44.7 Å². The highest BCUT2D eigenvalue weighted by atomic mass is 16.5. The lowest BCUT2D eigenvalue weighted by Crippen LogP contribution is -2.51. The van der Waals surface area contributed by atoms with Crippen LogP contribution in [0.4, 0.5) is 0 Å². The maximum absolute atomic E-state index is 12.8. The summed E-state index contributed by atoms with van der Waals surface area (Å²) in [6.07, 6.45) is 3.99. The third kappa shape index (κ3) is 4.94. The molecule has 2 unspecified atom stereocenters. The van der Waals surface area contributed by atoms with Crippen LogP contribution in [0.5, 0.6) is 5.75 Å². The van der Waals surface area contributed by atoms with Crippen LogP contribution in [-0.2, 0) is 4.74 Å². The van der Waals surface area contributed by atoms with Gasteiger partial charge in [0.1, 0.15) is 5.75 Å². The van der Waals surface area contributed by atoms with Crippen LogP contribution in [0, 0.1) is 0 Å². The van der Waals surface area contributed by atoms with Crippen LogP contribution < -0.4 is 10.5 Å². The van der Waals surface area contributed by atoms with Gasteiger partial charge in [-0.2, -0.15) is 0 Å². The van der Waals surface area contributed by atoms with Crippen molar-refractivity contribution >= 4 is 5.91 Å². The smallest absolute Gasteiger partial charge is 0.254 e. The van der Waals surface area contributed by atoms with E-state index in [4.69, 9.17) is 15.2 Å². The summed E-state index contributed by atoms with van der Waals surface area (Å²) < 4.78 is 10.7. The molecule has 0 aromatic heterocycles. The molecule has 2 rings (SSSR count). The number of piperidine rings is 1. The number of nitrogens with two attached hydrogens (primary N) is 1. The molecule has 128 valence electrons. The molecule has 2 N–H and O–H groups in total. The fourth-order valence-corrected chi connectivity index (χ4v) is 3.03. The molecule has 1 aliphatic heterocycles. The molecule has 0 saturated carbocycles. The average Bonchev–Trinajstić information content (AvgIpc) is 2.58. The molecule has 1 aromatic rings. The number of carbonyl (C=O) groups is 1. The minimum Gasteiger partial charge on any atom is -0.493 e. The van der Waals surface area contributed by atoms with E-state index in [9.17, 15) is 4.79 Å². The zero-order valence-corrected chi connectivity index (χ0v) is 14.2. The third-order valence-corrected chi connectivity index (χ3v) is 4.26. The summed E-state index contributed by atoms with van der Waals surface area (Å²) in [5.41, 5.74) is 6.74. The Morgan fingerprint density at radius 2 is 2.22 bits per heavy atom. The summed E-state index contributed by atoms with van der Waals surface area (Å²) in [6, 6.07) is 7.53. The minimum atomic E-state index is -0.00673. The maximum Gasteiger partial charge on any atom is 0.254 e. The first kappa shape index (κ1) is 17.8. The van der Waals surface area contributed by atoms with Crippen molar-refractivity contribution in [3.63, 3.8) is 0 Å². The maximum atomic E-state index is 12.8. The van der Waals surface area contributed by atoms with Gasteiger partial charge in [-0.25, -0.2) is 0 Å². The Bertz CT molecular complexity index is 505. The standard InChI is InChI=1S/C18H28N2O3/c1-14(19)17-9-3-4-10-20(17)18(21)15-7-5-8-16(13-15)23-12-6-11-22-2/h5,7-8,13-14,17H,3-4,6,9-12,19H2,1-2H3. The van der Waals surface area contributed by atoms with Crippen LogP contribution in [0.2, 0.25) is 0 Å². The molecule has 1 amide bonds. The molecule has 0 radical (unpaired) electrons. The van der Waals surface area contributed by atoms with E-state index in [0.717, 1.165) is 38.0 Å². The van der Waals surface area contributed by atoms with E-state index in [1.165, 1.54) is 0 Å². The van der Waals surface area contributed by atoms with E-state index in [1.807, 2.05) is 36.1 Å². The van der Waals surface area contributed by atoms with Crippen LogP contribution in [0.1, 0.15) is 43.0 Å². The first-order valence-corrected chi connectivity index (χ1v) is 8.42. The normalized spacial score (nSPS) is 19.4. The highest BCUT2D eigenvalue weighted by molar-refractivity contribution is 5.95. The molecule has 0 bridgehead atoms. The molecule has 1 fully saturated rings. The number of carbonyl (C=O) groups excluding carboxylic acids is 1. The summed E-state index contributed by atoms with van der Waals surface area (Å²) >= 11 is 0. The predicted octanol–water partition coefficient (Wildman–Crippen LogP) is 2.44. The Kier molecular flexibility index (Phi) is 6.86. The zero-order valence-electron chi connectivity index (χ0n) is 14.2. The van der Waals surface area contributed by atoms with Gasteiger partial charge in [0.05, 0.1) is 6.61 Å². The molecular weight excluding hydrogens is 292 g/mol. The number of methoxy groups -OCH3 is 1. The fraction of sp³-hybridized carbons (Fsp3) is 0.611. The van der Waals surface area contributed by atoms with Crippen molar-refractivity contribution < 1.29 is 14.3 Å². The Morgan fingerprint density at radius 3 is 2.96 bits per heavy atom. The van der Waals surface area contributed by atoms with Crippen molar-refractivity contribution in [2.75, 3.05) is 26.9 Å². The summed E-state index contributed by atoms with van der Waals surface area (Å²) in [4.78, 5) is 14.8. The summed E-state index contributed by atoms with van der Waals surface area (Å²) in [6.45, 7) is 4.01. The van der Waals surface area contributed by atoms with Gasteiger partial charge in [0.25, 0.3) is 5.91 Å². The molecule has 0 aliphatic carbocycles. The molecule has 5 nitrogen and oxygen atoms in total. The number of ether oxygens (including phenoxy) is 2. The van der Waals surface area contributed by atoms with E-state index in [0.29, 0.717) is 18.8 Å². The summed E-state index contributed by atoms with van der Waals surface area (Å²) in [7, 11) is 1.67. The van der Waals surface area contributed by atoms with Crippen molar-refractivity contribution in [3.8, 4) is 5.75 Å².